The number of hydrogen-bond acceptors (Lipinski definition) is 7. The Hall–Kier alpha value is -15.3. The van der Waals surface area contributed by atoms with E-state index < -0.39 is 0 Å². The van der Waals surface area contributed by atoms with Crippen molar-refractivity contribution in [2.45, 2.75) is 0 Å². The first kappa shape index (κ1) is 63.9. The summed E-state index contributed by atoms with van der Waals surface area (Å²) in [6.45, 7) is 0. The lowest BCUT2D eigenvalue weighted by Gasteiger charge is -2.14. The van der Waals surface area contributed by atoms with Crippen molar-refractivity contribution in [2.24, 2.45) is 0 Å². The van der Waals surface area contributed by atoms with Crippen LogP contribution in [0.5, 0.6) is 0 Å². The van der Waals surface area contributed by atoms with E-state index in [2.05, 4.69) is 340 Å². The van der Waals surface area contributed by atoms with Crippen LogP contribution < -0.4 is 0 Å². The minimum Gasteiger partial charge on any atom is -0.307 e. The van der Waals surface area contributed by atoms with Crippen molar-refractivity contribution in [3.63, 3.8) is 0 Å². The van der Waals surface area contributed by atoms with Crippen LogP contribution in [0.25, 0.3) is 212 Å². The van der Waals surface area contributed by atoms with Gasteiger partial charge in [-0.25, -0.2) is 15.0 Å². The molecule has 0 spiro atoms. The van der Waals surface area contributed by atoms with E-state index in [-0.39, 0.29) is 0 Å². The summed E-state index contributed by atoms with van der Waals surface area (Å²) in [4.78, 5) is 37.3. The van der Waals surface area contributed by atoms with Gasteiger partial charge < -0.3 is 9.13 Å². The van der Waals surface area contributed by atoms with E-state index in [1.54, 1.807) is 0 Å². The molecule has 22 aromatic rings. The molecule has 7 heterocycles. The third-order valence-electron chi connectivity index (χ3n) is 21.9. The molecule has 0 amide bonds. The molecule has 0 aliphatic heterocycles. The highest BCUT2D eigenvalue weighted by Crippen LogP contribution is 2.45. The van der Waals surface area contributed by atoms with E-state index >= 15 is 0 Å². The number of fused-ring (bicyclic) bond motifs is 14. The van der Waals surface area contributed by atoms with Crippen LogP contribution in [0, 0.1) is 0 Å². The van der Waals surface area contributed by atoms with Gasteiger partial charge in [0.25, 0.3) is 0 Å². The van der Waals surface area contributed by atoms with Crippen LogP contribution in [-0.4, -0.2) is 53.2 Å². The number of para-hydroxylation sites is 4. The summed E-state index contributed by atoms with van der Waals surface area (Å²) in [6, 6.07) is 135. The van der Waals surface area contributed by atoms with Crippen LogP contribution in [0.4, 0.5) is 0 Å². The lowest BCUT2D eigenvalue weighted by atomic mass is 9.95. The van der Waals surface area contributed by atoms with E-state index in [1.807, 2.05) is 60.7 Å². The van der Waals surface area contributed by atoms with E-state index in [0.29, 0.717) is 35.2 Å². The molecule has 0 saturated heterocycles. The normalized spacial score (nSPS) is 11.8. The Morgan fingerprint density at radius 2 is 0.411 bits per heavy atom. The number of rotatable bonds is 13. The first-order chi connectivity index (χ1) is 55.5. The molecule has 522 valence electrons. The van der Waals surface area contributed by atoms with Crippen LogP contribution in [0.1, 0.15) is 0 Å². The lowest BCUT2D eigenvalue weighted by molar-refractivity contribution is 0.953. The summed E-state index contributed by atoms with van der Waals surface area (Å²) >= 11 is 0. The summed E-state index contributed by atoms with van der Waals surface area (Å²) in [5.41, 5.74) is 24.4. The van der Waals surface area contributed by atoms with Gasteiger partial charge in [-0.2, -0.15) is 19.9 Å². The van der Waals surface area contributed by atoms with Crippen LogP contribution in [0.2, 0.25) is 0 Å². The predicted molar refractivity (Wildman–Crippen MR) is 457 cm³/mol. The molecule has 0 bridgehead atoms. The smallest absolute Gasteiger partial charge is 0.238 e. The van der Waals surface area contributed by atoms with E-state index in [1.165, 1.54) is 0 Å². The topological polar surface area (TPSA) is 110 Å². The fourth-order valence-corrected chi connectivity index (χ4v) is 16.7. The first-order valence-corrected chi connectivity index (χ1v) is 37.7. The van der Waals surface area contributed by atoms with Gasteiger partial charge in [-0.1, -0.05) is 303 Å². The summed E-state index contributed by atoms with van der Waals surface area (Å²) in [6.07, 6.45) is 0. The zero-order valence-electron chi connectivity index (χ0n) is 60.3. The van der Waals surface area contributed by atoms with E-state index in [9.17, 15) is 0 Å². The lowest BCUT2D eigenvalue weighted by Crippen LogP contribution is -2.07. The fourth-order valence-electron chi connectivity index (χ4n) is 16.7. The van der Waals surface area contributed by atoms with Gasteiger partial charge in [0.2, 0.25) is 11.9 Å². The van der Waals surface area contributed by atoms with Crippen LogP contribution in [0.3, 0.4) is 0 Å². The summed E-state index contributed by atoms with van der Waals surface area (Å²) < 4.78 is 9.33. The zero-order chi connectivity index (χ0) is 73.7. The van der Waals surface area contributed by atoms with Gasteiger partial charge in [-0.15, -0.1) is 0 Å². The maximum atomic E-state index is 5.57. The second-order valence-electron chi connectivity index (χ2n) is 28.4. The molecule has 7 aromatic heterocycles. The Balaban J connectivity index is 0.626. The second kappa shape index (κ2) is 26.3. The molecule has 15 aromatic carbocycles. The number of aromatic nitrogens is 11. The molecule has 0 aliphatic rings. The quantitative estimate of drug-likeness (QED) is 0.113. The van der Waals surface area contributed by atoms with Crippen molar-refractivity contribution >= 4 is 87.2 Å². The molecule has 11 nitrogen and oxygen atoms in total. The van der Waals surface area contributed by atoms with E-state index in [4.69, 9.17) is 34.9 Å². The fraction of sp³-hybridized carbons (Fsp3) is 0. The summed E-state index contributed by atoms with van der Waals surface area (Å²) in [5, 5.41) is 8.95. The number of benzene rings is 15. The van der Waals surface area contributed by atoms with Crippen LogP contribution in [-0.2, 0) is 0 Å². The Labute approximate surface area is 643 Å². The first-order valence-electron chi connectivity index (χ1n) is 37.7. The zero-order valence-corrected chi connectivity index (χ0v) is 60.3. The van der Waals surface area contributed by atoms with Gasteiger partial charge in [-0.3, -0.25) is 9.13 Å². The molecule has 0 radical (unpaired) electrons. The van der Waals surface area contributed by atoms with Gasteiger partial charge in [0.15, 0.2) is 23.3 Å². The molecule has 0 aliphatic carbocycles. The highest BCUT2D eigenvalue weighted by Gasteiger charge is 2.27. The predicted octanol–water partition coefficient (Wildman–Crippen LogP) is 24.8. The monoisotopic (exact) mass is 1430 g/mol. The largest absolute Gasteiger partial charge is 0.307 e. The highest BCUT2D eigenvalue weighted by atomic mass is 15.2. The van der Waals surface area contributed by atoms with Crippen molar-refractivity contribution in [3.8, 4) is 125 Å². The van der Waals surface area contributed by atoms with Gasteiger partial charge >= 0.3 is 0 Å². The number of nitrogens with zero attached hydrogens (tertiary/aromatic N) is 11. The average molecular weight is 1430 g/mol. The third-order valence-corrected chi connectivity index (χ3v) is 21.9. The van der Waals surface area contributed by atoms with Crippen LogP contribution in [0.15, 0.2) is 382 Å². The van der Waals surface area contributed by atoms with Gasteiger partial charge in [0.05, 0.1) is 55.5 Å². The molecule has 0 saturated carbocycles. The molecular weight excluding hydrogens is 1370 g/mol. The van der Waals surface area contributed by atoms with Crippen molar-refractivity contribution in [2.75, 3.05) is 0 Å². The van der Waals surface area contributed by atoms with Crippen molar-refractivity contribution in [1.82, 2.24) is 53.2 Å². The molecule has 11 heteroatoms. The summed E-state index contributed by atoms with van der Waals surface area (Å²) in [7, 11) is 0. The molecule has 0 fully saturated rings. The minimum absolute atomic E-state index is 0.516. The van der Waals surface area contributed by atoms with Gasteiger partial charge in [0, 0.05) is 87.8 Å². The maximum Gasteiger partial charge on any atom is 0.238 e. The highest BCUT2D eigenvalue weighted by molar-refractivity contribution is 6.25. The summed E-state index contributed by atoms with van der Waals surface area (Å²) in [5.74, 6) is 3.40. The number of hydrogen-bond donors (Lipinski definition) is 0. The molecule has 0 N–H and O–H groups in total. The molecule has 0 atom stereocenters. The Kier molecular flexibility index (Phi) is 15.0. The van der Waals surface area contributed by atoms with Crippen molar-refractivity contribution in [1.29, 1.82) is 0 Å². The Morgan fingerprint density at radius 3 is 0.786 bits per heavy atom. The van der Waals surface area contributed by atoms with Crippen molar-refractivity contribution in [3.05, 3.63) is 382 Å². The molecular formula is C101H63N11. The number of pyridine rings is 1. The molecule has 112 heavy (non-hydrogen) atoms. The van der Waals surface area contributed by atoms with Crippen LogP contribution >= 0.6 is 0 Å². The second-order valence-corrected chi connectivity index (χ2v) is 28.4. The molecule has 0 unspecified atom stereocenters. The minimum atomic E-state index is 0.516. The standard InChI is InChI=1S/C101H63N11/c1-5-25-65(26-6-1)86-43-24-44-87(102-86)66-51-55-77(56-52-66)110-89-46-18-14-40-79(89)83-58-60-85-81-42-16-20-48-91(81)112(95(85)93(83)110)101-107-98(69-31-11-4-12-32-69)104-99(108-101)75-38-23-37-74(63-75)73-36-22-35-72(62-73)71-34-21-33-70(61-71)64-49-53-76(54-50-64)109-88-45-17-13-39-78(88)82-57-59-84-80-41-15-19-47-90(80)111(94(84)92(82)109)100-105-96(67-27-7-2-8-28-67)103-97(106-100)68-29-9-3-10-30-68/h1-63H. The Bertz CT molecular complexity index is 7410. The van der Waals surface area contributed by atoms with Gasteiger partial charge in [0.1, 0.15) is 0 Å². The maximum absolute atomic E-state index is 5.57. The van der Waals surface area contributed by atoms with Crippen molar-refractivity contribution < 1.29 is 0 Å². The SMILES string of the molecule is c1ccc(-c2cccc(-c3ccc(-n4c5ccccc5c5ccc6c7ccccc7n(-c7nc(-c8ccccc8)nc(-c8cccc(-c9cccc(-c%10cccc(-c%11ccc(-n%12c%13ccccc%13c%13ccc%14c%15ccccc%15n(-c%15nc(-c%16ccccc%16)nc(-c%16ccccc%16)n%15)c%14c%13%12)cc%11)c%10)c9)c8)n7)c6c54)cc3)n2)cc1. The van der Waals surface area contributed by atoms with Gasteiger partial charge in [-0.05, 0) is 112 Å². The molecule has 22 rings (SSSR count). The average Bonchev–Trinajstić information content (AvgIpc) is 1.55. The Morgan fingerprint density at radius 1 is 0.152 bits per heavy atom. The van der Waals surface area contributed by atoms with E-state index in [0.717, 1.165) is 177 Å². The third kappa shape index (κ3) is 10.7.